The second-order valence-corrected chi connectivity index (χ2v) is 8.12. The molecule has 132 valence electrons. The number of thiocarbonyl (C=S) groups is 1. The molecule has 0 radical (unpaired) electrons. The lowest BCUT2D eigenvalue weighted by atomic mass is 10.0. The number of hydrogen-bond donors (Lipinski definition) is 3. The number of esters is 1. The van der Waals surface area contributed by atoms with E-state index in [0.717, 1.165) is 32.2 Å². The fourth-order valence-corrected chi connectivity index (χ4v) is 4.39. The van der Waals surface area contributed by atoms with Gasteiger partial charge in [0.15, 0.2) is 10.5 Å². The molecule has 26 heavy (non-hydrogen) atoms. The molecule has 0 aromatic heterocycles. The average molecular weight is 401 g/mol. The lowest BCUT2D eigenvalue weighted by Gasteiger charge is -2.22. The van der Waals surface area contributed by atoms with Gasteiger partial charge in [-0.1, -0.05) is 30.0 Å². The van der Waals surface area contributed by atoms with E-state index in [1.165, 1.54) is 0 Å². The van der Waals surface area contributed by atoms with Crippen molar-refractivity contribution in [2.75, 3.05) is 6.54 Å². The Morgan fingerprint density at radius 3 is 2.77 bits per heavy atom. The van der Waals surface area contributed by atoms with Crippen LogP contribution in [0.1, 0.15) is 17.9 Å². The first kappa shape index (κ1) is 17.5. The number of thiol groups is 1. The summed E-state index contributed by atoms with van der Waals surface area (Å²) in [5, 5.41) is 6.46. The van der Waals surface area contributed by atoms with Crippen molar-refractivity contribution in [3.63, 3.8) is 0 Å². The summed E-state index contributed by atoms with van der Waals surface area (Å²) in [6, 6.07) is 14.2. The molecule has 2 N–H and O–H groups in total. The second-order valence-electron chi connectivity index (χ2n) is 6.06. The molecule has 1 unspecified atom stereocenters. The van der Waals surface area contributed by atoms with Gasteiger partial charge in [-0.05, 0) is 54.5 Å². The van der Waals surface area contributed by atoms with Crippen molar-refractivity contribution < 1.29 is 9.53 Å². The van der Waals surface area contributed by atoms with Gasteiger partial charge in [0.25, 0.3) is 0 Å². The molecule has 2 aromatic carbocycles. The average Bonchev–Trinajstić information content (AvgIpc) is 2.92. The summed E-state index contributed by atoms with van der Waals surface area (Å²) in [6.45, 7) is 2.21. The van der Waals surface area contributed by atoms with Gasteiger partial charge >= 0.3 is 5.97 Å². The van der Waals surface area contributed by atoms with Crippen LogP contribution < -0.4 is 10.6 Å². The van der Waals surface area contributed by atoms with Gasteiger partial charge < -0.3 is 15.4 Å². The van der Waals surface area contributed by atoms with E-state index in [9.17, 15) is 4.79 Å². The highest BCUT2D eigenvalue weighted by Crippen LogP contribution is 2.48. The Kier molecular flexibility index (Phi) is 4.69. The highest BCUT2D eigenvalue weighted by molar-refractivity contribution is 7.99. The number of fused-ring (bicyclic) bond motifs is 2. The molecule has 4 nitrogen and oxygen atoms in total. The Morgan fingerprint density at radius 1 is 1.27 bits per heavy atom. The van der Waals surface area contributed by atoms with Crippen LogP contribution in [0.2, 0.25) is 0 Å². The van der Waals surface area contributed by atoms with Crippen LogP contribution in [0.5, 0.6) is 0 Å². The molecule has 4 rings (SSSR count). The zero-order valence-corrected chi connectivity index (χ0v) is 16.4. The van der Waals surface area contributed by atoms with Crippen LogP contribution in [0.4, 0.5) is 0 Å². The zero-order valence-electron chi connectivity index (χ0n) is 13.9. The summed E-state index contributed by atoms with van der Waals surface area (Å²) in [7, 11) is 0. The first-order valence-corrected chi connectivity index (χ1v) is 9.80. The molecule has 1 atom stereocenters. The van der Waals surface area contributed by atoms with E-state index in [-0.39, 0.29) is 11.4 Å². The van der Waals surface area contributed by atoms with E-state index >= 15 is 0 Å². The van der Waals surface area contributed by atoms with Crippen LogP contribution in [-0.4, -0.2) is 17.6 Å². The van der Waals surface area contributed by atoms with Crippen LogP contribution in [0.25, 0.3) is 11.1 Å². The number of nitrogens with one attached hydrogen (secondary N) is 2. The SMILES string of the molecule is CC1=C(C(=O)OC2Sc3ccc(-c4ccc(S)cc4)c2c3)CNC(=S)N1. The largest absolute Gasteiger partial charge is 0.442 e. The molecule has 2 aromatic rings. The molecule has 0 spiro atoms. The number of allylic oxidation sites excluding steroid dienone is 1. The van der Waals surface area contributed by atoms with Crippen LogP contribution in [-0.2, 0) is 9.53 Å². The molecule has 2 heterocycles. The molecular weight excluding hydrogens is 384 g/mol. The number of rotatable bonds is 3. The summed E-state index contributed by atoms with van der Waals surface area (Å²) in [5.41, 5.74) is 4.11. The first-order chi connectivity index (χ1) is 12.5. The number of hydrogen-bond acceptors (Lipinski definition) is 5. The minimum atomic E-state index is -0.354. The smallest absolute Gasteiger partial charge is 0.339 e. The fourth-order valence-electron chi connectivity index (χ4n) is 2.97. The summed E-state index contributed by atoms with van der Waals surface area (Å²) in [4.78, 5) is 14.7. The second kappa shape index (κ2) is 6.98. The maximum atomic E-state index is 12.7. The standard InChI is InChI=1S/C19H16N2O2S3/c1-10-16(9-20-19(25)21-10)17(22)23-18-15-8-13(26-18)6-7-14(15)11-2-4-12(24)5-3-11/h2-8,18,24H,9H2,1H3,(H2,20,21,25). The van der Waals surface area contributed by atoms with Crippen LogP contribution >= 0.6 is 36.6 Å². The highest BCUT2D eigenvalue weighted by Gasteiger charge is 2.30. The minimum absolute atomic E-state index is 0.332. The van der Waals surface area contributed by atoms with Crippen molar-refractivity contribution in [2.24, 2.45) is 0 Å². The highest BCUT2D eigenvalue weighted by atomic mass is 32.2. The van der Waals surface area contributed by atoms with E-state index < -0.39 is 0 Å². The predicted octanol–water partition coefficient (Wildman–Crippen LogP) is 4.04. The third kappa shape index (κ3) is 3.34. The molecule has 2 aliphatic heterocycles. The van der Waals surface area contributed by atoms with Gasteiger partial charge in [0.05, 0.1) is 12.1 Å². The van der Waals surface area contributed by atoms with E-state index in [4.69, 9.17) is 17.0 Å². The molecule has 2 bridgehead atoms. The molecular formula is C19H16N2O2S3. The number of carbonyl (C=O) groups excluding carboxylic acids is 1. The van der Waals surface area contributed by atoms with Gasteiger partial charge in [0.2, 0.25) is 0 Å². The van der Waals surface area contributed by atoms with Gasteiger partial charge in [-0.2, -0.15) is 0 Å². The Hall–Kier alpha value is -1.96. The maximum Gasteiger partial charge on any atom is 0.339 e. The third-order valence-corrected chi connectivity index (χ3v) is 5.97. The Labute approximate surface area is 166 Å². The lowest BCUT2D eigenvalue weighted by Crippen LogP contribution is -2.43. The lowest BCUT2D eigenvalue weighted by molar-refractivity contribution is -0.140. The maximum absolute atomic E-state index is 12.7. The van der Waals surface area contributed by atoms with Crippen LogP contribution in [0.3, 0.4) is 0 Å². The molecule has 0 fully saturated rings. The molecule has 0 aliphatic carbocycles. The van der Waals surface area contributed by atoms with Gasteiger partial charge in [0.1, 0.15) is 0 Å². The summed E-state index contributed by atoms with van der Waals surface area (Å²) in [5.74, 6) is -0.332. The monoisotopic (exact) mass is 400 g/mol. The van der Waals surface area contributed by atoms with Gasteiger partial charge in [0, 0.05) is 21.1 Å². The molecule has 0 saturated carbocycles. The van der Waals surface area contributed by atoms with Crippen LogP contribution in [0.15, 0.2) is 63.5 Å². The topological polar surface area (TPSA) is 50.4 Å². The number of benzene rings is 2. The van der Waals surface area contributed by atoms with Crippen molar-refractivity contribution in [1.82, 2.24) is 10.6 Å². The van der Waals surface area contributed by atoms with E-state index in [1.807, 2.05) is 31.2 Å². The molecule has 2 aliphatic rings. The normalized spacial score (nSPS) is 18.4. The Balaban J connectivity index is 1.59. The van der Waals surface area contributed by atoms with Crippen molar-refractivity contribution in [3.05, 3.63) is 59.3 Å². The van der Waals surface area contributed by atoms with Gasteiger partial charge in [-0.25, -0.2) is 4.79 Å². The number of carbonyl (C=O) groups is 1. The Bertz CT molecular complexity index is 938. The molecule has 7 heteroatoms. The summed E-state index contributed by atoms with van der Waals surface area (Å²) in [6.07, 6.45) is 0. The summed E-state index contributed by atoms with van der Waals surface area (Å²) < 4.78 is 5.82. The number of ether oxygens (including phenoxy) is 1. The van der Waals surface area contributed by atoms with Crippen LogP contribution in [0, 0.1) is 0 Å². The minimum Gasteiger partial charge on any atom is -0.442 e. The third-order valence-electron chi connectivity index (χ3n) is 4.34. The van der Waals surface area contributed by atoms with E-state index in [0.29, 0.717) is 17.2 Å². The van der Waals surface area contributed by atoms with E-state index in [2.05, 4.69) is 41.5 Å². The first-order valence-electron chi connectivity index (χ1n) is 8.07. The predicted molar refractivity (Wildman–Crippen MR) is 110 cm³/mol. The van der Waals surface area contributed by atoms with Gasteiger partial charge in [-0.3, -0.25) is 0 Å². The molecule has 0 amide bonds. The zero-order chi connectivity index (χ0) is 18.3. The van der Waals surface area contributed by atoms with E-state index in [1.54, 1.807) is 11.8 Å². The van der Waals surface area contributed by atoms with Crippen molar-refractivity contribution in [1.29, 1.82) is 0 Å². The van der Waals surface area contributed by atoms with Crippen molar-refractivity contribution in [2.45, 2.75) is 22.2 Å². The fraction of sp³-hybridized carbons (Fsp3) is 0.158. The Morgan fingerprint density at radius 2 is 2.04 bits per heavy atom. The summed E-state index contributed by atoms with van der Waals surface area (Å²) >= 11 is 10.9. The number of thioether (sulfide) groups is 1. The quantitative estimate of drug-likeness (QED) is 0.411. The van der Waals surface area contributed by atoms with Crippen molar-refractivity contribution in [3.8, 4) is 11.1 Å². The van der Waals surface area contributed by atoms with Gasteiger partial charge in [-0.15, -0.1) is 12.6 Å². The molecule has 0 saturated heterocycles. The van der Waals surface area contributed by atoms with Crippen molar-refractivity contribution >= 4 is 47.7 Å².